The van der Waals surface area contributed by atoms with Crippen LogP contribution in [0.2, 0.25) is 0 Å². The Hall–Kier alpha value is -1.83. The van der Waals surface area contributed by atoms with Crippen LogP contribution in [0.3, 0.4) is 0 Å². The fourth-order valence-corrected chi connectivity index (χ4v) is 1.84. The van der Waals surface area contributed by atoms with E-state index < -0.39 is 17.2 Å². The fourth-order valence-electron chi connectivity index (χ4n) is 1.60. The van der Waals surface area contributed by atoms with Gasteiger partial charge in [0, 0.05) is 5.56 Å². The van der Waals surface area contributed by atoms with Crippen LogP contribution in [0.4, 0.5) is 4.39 Å². The van der Waals surface area contributed by atoms with Crippen LogP contribution < -0.4 is 0 Å². The van der Waals surface area contributed by atoms with E-state index in [9.17, 15) is 9.18 Å². The average molecular weight is 343 g/mol. The Labute approximate surface area is 122 Å². The van der Waals surface area contributed by atoms with Crippen molar-refractivity contribution in [3.63, 3.8) is 0 Å². The second-order valence-electron chi connectivity index (χ2n) is 4.98. The lowest BCUT2D eigenvalue weighted by atomic mass is 9.94. The van der Waals surface area contributed by atoms with Gasteiger partial charge >= 0.3 is 5.97 Å². The van der Waals surface area contributed by atoms with Gasteiger partial charge in [0.15, 0.2) is 5.82 Å². The zero-order valence-electron chi connectivity index (χ0n) is 10.8. The van der Waals surface area contributed by atoms with E-state index in [1.54, 1.807) is 26.0 Å². The van der Waals surface area contributed by atoms with Gasteiger partial charge in [0.05, 0.1) is 16.4 Å². The summed E-state index contributed by atoms with van der Waals surface area (Å²) in [6.45, 7) is 3.23. The quantitative estimate of drug-likeness (QED) is 0.922. The van der Waals surface area contributed by atoms with E-state index in [1.165, 1.54) is 10.7 Å². The van der Waals surface area contributed by atoms with Gasteiger partial charge in [-0.3, -0.25) is 4.79 Å². The van der Waals surface area contributed by atoms with Crippen LogP contribution in [-0.4, -0.2) is 31.3 Å². The molecule has 6 nitrogen and oxygen atoms in total. The van der Waals surface area contributed by atoms with Gasteiger partial charge in [0.25, 0.3) is 0 Å². The number of hydrogen-bond acceptors (Lipinski definition) is 4. The van der Waals surface area contributed by atoms with Gasteiger partial charge in [-0.05, 0) is 58.4 Å². The lowest BCUT2D eigenvalue weighted by molar-refractivity contribution is -0.147. The minimum absolute atomic E-state index is 0.0857. The number of nitrogens with zero attached hydrogens (tertiary/aromatic N) is 4. The molecule has 0 fully saturated rings. The van der Waals surface area contributed by atoms with E-state index in [1.807, 2.05) is 0 Å². The third kappa shape index (κ3) is 2.84. The van der Waals surface area contributed by atoms with Gasteiger partial charge in [-0.25, -0.2) is 9.07 Å². The van der Waals surface area contributed by atoms with E-state index in [4.69, 9.17) is 5.11 Å². The van der Waals surface area contributed by atoms with Crippen molar-refractivity contribution >= 4 is 21.9 Å². The molecule has 20 heavy (non-hydrogen) atoms. The van der Waals surface area contributed by atoms with Crippen LogP contribution in [0.1, 0.15) is 13.8 Å². The molecule has 106 valence electrons. The van der Waals surface area contributed by atoms with Gasteiger partial charge in [0.1, 0.15) is 5.82 Å². The minimum Gasteiger partial charge on any atom is -0.481 e. The van der Waals surface area contributed by atoms with Crippen molar-refractivity contribution in [1.82, 2.24) is 20.2 Å². The first-order valence-electron chi connectivity index (χ1n) is 5.76. The van der Waals surface area contributed by atoms with Crippen molar-refractivity contribution in [2.75, 3.05) is 0 Å². The van der Waals surface area contributed by atoms with Crippen LogP contribution in [0.25, 0.3) is 11.4 Å². The van der Waals surface area contributed by atoms with E-state index in [0.29, 0.717) is 15.9 Å². The summed E-state index contributed by atoms with van der Waals surface area (Å²) < 4.78 is 15.2. The number of tetrazole rings is 1. The molecule has 1 aromatic carbocycles. The number of carbonyl (C=O) groups is 1. The van der Waals surface area contributed by atoms with E-state index in [0.717, 1.165) is 0 Å². The van der Waals surface area contributed by atoms with Gasteiger partial charge in [-0.2, -0.15) is 0 Å². The van der Waals surface area contributed by atoms with Gasteiger partial charge in [-0.1, -0.05) is 0 Å². The summed E-state index contributed by atoms with van der Waals surface area (Å²) >= 11 is 3.07. The molecule has 0 saturated carbocycles. The number of rotatable bonds is 4. The molecule has 0 aliphatic carbocycles. The molecule has 1 aromatic heterocycles. The highest BCUT2D eigenvalue weighted by Crippen LogP contribution is 2.25. The molecule has 0 spiro atoms. The maximum Gasteiger partial charge on any atom is 0.310 e. The maximum atomic E-state index is 13.6. The van der Waals surface area contributed by atoms with Crippen molar-refractivity contribution in [3.05, 3.63) is 28.5 Å². The molecule has 0 atom stereocenters. The van der Waals surface area contributed by atoms with Crippen molar-refractivity contribution in [2.24, 2.45) is 5.41 Å². The summed E-state index contributed by atoms with van der Waals surface area (Å²) in [6.07, 6.45) is 0. The van der Waals surface area contributed by atoms with Crippen LogP contribution >= 0.6 is 15.9 Å². The predicted molar refractivity (Wildman–Crippen MR) is 72.3 cm³/mol. The SMILES string of the molecule is CC(C)(Cn1nnnc1-c1ccc(Br)c(F)c1)C(=O)O. The smallest absolute Gasteiger partial charge is 0.310 e. The summed E-state index contributed by atoms with van der Waals surface area (Å²) in [7, 11) is 0. The standard InChI is InChI=1S/C12H12BrFN4O2/c1-12(2,11(19)20)6-18-10(15-16-17-18)7-3-4-8(13)9(14)5-7/h3-5H,6H2,1-2H3,(H,19,20). The molecule has 1 heterocycles. The van der Waals surface area contributed by atoms with Crippen LogP contribution in [0.5, 0.6) is 0 Å². The summed E-state index contributed by atoms with van der Waals surface area (Å²) in [5, 5.41) is 20.3. The second-order valence-corrected chi connectivity index (χ2v) is 5.83. The van der Waals surface area contributed by atoms with E-state index in [-0.39, 0.29) is 6.54 Å². The van der Waals surface area contributed by atoms with Gasteiger partial charge in [0.2, 0.25) is 0 Å². The molecule has 2 aromatic rings. The summed E-state index contributed by atoms with van der Waals surface area (Å²) in [6, 6.07) is 4.50. The molecule has 0 aliphatic heterocycles. The Morgan fingerprint density at radius 3 is 2.80 bits per heavy atom. The number of carboxylic acids is 1. The number of carboxylic acid groups (broad SMARTS) is 1. The molecule has 0 bridgehead atoms. The van der Waals surface area contributed by atoms with Crippen molar-refractivity contribution < 1.29 is 14.3 Å². The topological polar surface area (TPSA) is 80.9 Å². The van der Waals surface area contributed by atoms with Crippen LogP contribution in [0, 0.1) is 11.2 Å². The first kappa shape index (κ1) is 14.6. The molecule has 0 unspecified atom stereocenters. The van der Waals surface area contributed by atoms with Crippen LogP contribution in [0.15, 0.2) is 22.7 Å². The third-order valence-corrected chi connectivity index (χ3v) is 3.48. The van der Waals surface area contributed by atoms with E-state index >= 15 is 0 Å². The highest BCUT2D eigenvalue weighted by atomic mass is 79.9. The number of hydrogen-bond donors (Lipinski definition) is 1. The number of benzene rings is 1. The lowest BCUT2D eigenvalue weighted by Gasteiger charge is -2.19. The first-order valence-corrected chi connectivity index (χ1v) is 6.55. The third-order valence-electron chi connectivity index (χ3n) is 2.83. The molecule has 2 rings (SSSR count). The minimum atomic E-state index is -1.03. The molecule has 0 radical (unpaired) electrons. The largest absolute Gasteiger partial charge is 0.481 e. The van der Waals surface area contributed by atoms with E-state index in [2.05, 4.69) is 31.5 Å². The zero-order valence-corrected chi connectivity index (χ0v) is 12.4. The Balaban J connectivity index is 2.38. The Morgan fingerprint density at radius 1 is 1.50 bits per heavy atom. The van der Waals surface area contributed by atoms with Crippen molar-refractivity contribution in [3.8, 4) is 11.4 Å². The molecular formula is C12H12BrFN4O2. The molecule has 8 heteroatoms. The molecular weight excluding hydrogens is 331 g/mol. The summed E-state index contributed by atoms with van der Waals surface area (Å²) in [5.74, 6) is -1.07. The highest BCUT2D eigenvalue weighted by molar-refractivity contribution is 9.10. The second kappa shape index (κ2) is 5.28. The highest BCUT2D eigenvalue weighted by Gasteiger charge is 2.29. The maximum absolute atomic E-state index is 13.6. The normalized spacial score (nSPS) is 11.6. The van der Waals surface area contributed by atoms with Crippen LogP contribution in [-0.2, 0) is 11.3 Å². The lowest BCUT2D eigenvalue weighted by Crippen LogP contribution is -2.30. The average Bonchev–Trinajstić information content (AvgIpc) is 2.80. The number of aliphatic carboxylic acids is 1. The number of aromatic nitrogens is 4. The Bertz CT molecular complexity index is 657. The Morgan fingerprint density at radius 2 is 2.20 bits per heavy atom. The molecule has 1 N–H and O–H groups in total. The van der Waals surface area contributed by atoms with Crippen molar-refractivity contribution in [1.29, 1.82) is 0 Å². The Kier molecular flexibility index (Phi) is 3.85. The van der Waals surface area contributed by atoms with Crippen molar-refractivity contribution in [2.45, 2.75) is 20.4 Å². The molecule has 0 saturated heterocycles. The van der Waals surface area contributed by atoms with Gasteiger partial charge in [-0.15, -0.1) is 5.10 Å². The number of halogens is 2. The summed E-state index contributed by atoms with van der Waals surface area (Å²) in [4.78, 5) is 11.1. The zero-order chi connectivity index (χ0) is 14.9. The molecule has 0 amide bonds. The molecule has 0 aliphatic rings. The summed E-state index contributed by atoms with van der Waals surface area (Å²) in [5.41, 5.74) is -0.546. The van der Waals surface area contributed by atoms with Gasteiger partial charge < -0.3 is 5.11 Å². The predicted octanol–water partition coefficient (Wildman–Crippen LogP) is 2.35. The first-order chi connectivity index (χ1) is 9.31. The monoisotopic (exact) mass is 342 g/mol. The fraction of sp³-hybridized carbons (Fsp3) is 0.333.